The molecule has 1 aliphatic heterocycles. The van der Waals surface area contributed by atoms with E-state index in [2.05, 4.69) is 53.5 Å². The molecular weight excluding hydrogens is 222 g/mol. The van der Waals surface area contributed by atoms with E-state index in [1.807, 2.05) is 0 Å². The average Bonchev–Trinajstić information content (AvgIpc) is 1.98. The number of nitrogens with zero attached hydrogens (tertiary/aromatic N) is 1. The first-order valence-corrected chi connectivity index (χ1v) is 6.44. The van der Waals surface area contributed by atoms with Crippen molar-refractivity contribution in [2.45, 2.75) is 63.1 Å². The van der Waals surface area contributed by atoms with Crippen LogP contribution in [0.2, 0.25) is 0 Å². The summed E-state index contributed by atoms with van der Waals surface area (Å²) < 4.78 is -0.287. The maximum absolute atomic E-state index is 4.84. The highest BCUT2D eigenvalue weighted by Gasteiger charge is 2.60. The van der Waals surface area contributed by atoms with Gasteiger partial charge >= 0.3 is 0 Å². The lowest BCUT2D eigenvalue weighted by Gasteiger charge is -2.64. The molecule has 1 rings (SSSR count). The van der Waals surface area contributed by atoms with E-state index in [-0.39, 0.29) is 20.6 Å². The van der Waals surface area contributed by atoms with Crippen molar-refractivity contribution in [3.8, 4) is 0 Å². The average molecular weight is 247 g/mol. The van der Waals surface area contributed by atoms with Gasteiger partial charge in [0.05, 0.1) is 4.08 Å². The van der Waals surface area contributed by atoms with E-state index in [1.54, 1.807) is 0 Å². The molecule has 0 aromatic rings. The zero-order chi connectivity index (χ0) is 12.3. The summed E-state index contributed by atoms with van der Waals surface area (Å²) in [6, 6.07) is 0. The summed E-state index contributed by atoms with van der Waals surface area (Å²) in [5.74, 6) is 0. The van der Waals surface area contributed by atoms with E-state index < -0.39 is 0 Å². The monoisotopic (exact) mass is 247 g/mol. The summed E-state index contributed by atoms with van der Waals surface area (Å²) in [5.41, 5.74) is 0.269. The molecule has 1 nitrogen and oxygen atoms in total. The van der Waals surface area contributed by atoms with Gasteiger partial charge in [-0.1, -0.05) is 13.8 Å². The first-order chi connectivity index (χ1) is 6.36. The molecule has 1 aliphatic rings. The first-order valence-electron chi connectivity index (χ1n) is 5.55. The fraction of sp³-hybridized carbons (Fsp3) is 1.00. The molecule has 0 radical (unpaired) electrons. The van der Waals surface area contributed by atoms with Crippen molar-refractivity contribution >= 4 is 25.3 Å². The fourth-order valence-electron chi connectivity index (χ4n) is 3.14. The van der Waals surface area contributed by atoms with Crippen molar-refractivity contribution in [2.75, 3.05) is 7.05 Å². The van der Waals surface area contributed by atoms with Crippen LogP contribution in [-0.2, 0) is 0 Å². The molecule has 1 heterocycles. The maximum atomic E-state index is 4.84. The van der Waals surface area contributed by atoms with Crippen LogP contribution in [0.1, 0.15) is 48.0 Å². The number of hydrogen-bond donors (Lipinski definition) is 2. The molecule has 0 unspecified atom stereocenters. The number of piperidine rings is 1. The van der Waals surface area contributed by atoms with Crippen LogP contribution in [0, 0.1) is 5.41 Å². The summed E-state index contributed by atoms with van der Waals surface area (Å²) in [5, 5.41) is 0. The predicted octanol–water partition coefficient (Wildman–Crippen LogP) is 3.46. The van der Waals surface area contributed by atoms with Crippen LogP contribution in [0.5, 0.6) is 0 Å². The molecule has 0 saturated carbocycles. The Kier molecular flexibility index (Phi) is 3.05. The van der Waals surface area contributed by atoms with Crippen LogP contribution in [0.15, 0.2) is 0 Å². The van der Waals surface area contributed by atoms with E-state index in [1.165, 1.54) is 0 Å². The topological polar surface area (TPSA) is 3.24 Å². The van der Waals surface area contributed by atoms with Gasteiger partial charge in [0, 0.05) is 11.1 Å². The Hall–Kier alpha value is 0.660. The number of rotatable bonds is 0. The fourth-order valence-corrected chi connectivity index (χ4v) is 3.60. The zero-order valence-corrected chi connectivity index (χ0v) is 12.8. The van der Waals surface area contributed by atoms with Crippen molar-refractivity contribution in [3.05, 3.63) is 0 Å². The van der Waals surface area contributed by atoms with Gasteiger partial charge in [0.25, 0.3) is 0 Å². The third-order valence-corrected chi connectivity index (χ3v) is 6.72. The lowest BCUT2D eigenvalue weighted by molar-refractivity contribution is -0.0614. The Morgan fingerprint density at radius 2 is 1.33 bits per heavy atom. The van der Waals surface area contributed by atoms with E-state index in [9.17, 15) is 0 Å². The van der Waals surface area contributed by atoms with Crippen molar-refractivity contribution < 1.29 is 0 Å². The maximum Gasteiger partial charge on any atom is 0.0780 e. The van der Waals surface area contributed by atoms with Gasteiger partial charge < -0.3 is 0 Å². The molecule has 0 aliphatic carbocycles. The summed E-state index contributed by atoms with van der Waals surface area (Å²) in [6.45, 7) is 13.6. The molecule has 15 heavy (non-hydrogen) atoms. The molecule has 0 amide bonds. The van der Waals surface area contributed by atoms with E-state index >= 15 is 0 Å². The van der Waals surface area contributed by atoms with Gasteiger partial charge in [0.15, 0.2) is 0 Å². The van der Waals surface area contributed by atoms with Crippen LogP contribution in [0.3, 0.4) is 0 Å². The Morgan fingerprint density at radius 1 is 0.933 bits per heavy atom. The molecule has 0 N–H and O–H groups in total. The summed E-state index contributed by atoms with van der Waals surface area (Å²) in [6.07, 6.45) is 1.10. The zero-order valence-electron chi connectivity index (χ0n) is 11.0. The van der Waals surface area contributed by atoms with E-state index in [0.717, 1.165) is 6.42 Å². The van der Waals surface area contributed by atoms with Gasteiger partial charge in [0.1, 0.15) is 0 Å². The molecule has 0 aromatic carbocycles. The van der Waals surface area contributed by atoms with E-state index in [0.29, 0.717) is 0 Å². The summed E-state index contributed by atoms with van der Waals surface area (Å²) in [4.78, 5) is 2.41. The normalized spacial score (nSPS) is 32.6. The molecule has 1 fully saturated rings. The Labute approximate surface area is 106 Å². The highest BCUT2D eigenvalue weighted by Crippen LogP contribution is 2.58. The standard InChI is InChI=1S/C12H25NS2/c1-9(2)8-10(3,4)13(7)11(5,6)12(9,14)15/h14-15H,8H2,1-7H3. The molecule has 0 atom stereocenters. The van der Waals surface area contributed by atoms with Crippen molar-refractivity contribution in [3.63, 3.8) is 0 Å². The van der Waals surface area contributed by atoms with Crippen LogP contribution < -0.4 is 0 Å². The molecule has 3 heteroatoms. The minimum atomic E-state index is -0.287. The second kappa shape index (κ2) is 3.33. The molecule has 1 saturated heterocycles. The van der Waals surface area contributed by atoms with Crippen molar-refractivity contribution in [2.24, 2.45) is 5.41 Å². The van der Waals surface area contributed by atoms with Crippen LogP contribution in [0.4, 0.5) is 0 Å². The Bertz CT molecular complexity index is 267. The predicted molar refractivity (Wildman–Crippen MR) is 75.0 cm³/mol. The first kappa shape index (κ1) is 13.7. The van der Waals surface area contributed by atoms with Crippen LogP contribution in [0.25, 0.3) is 0 Å². The minimum Gasteiger partial charge on any atom is -0.294 e. The lowest BCUT2D eigenvalue weighted by atomic mass is 9.65. The molecule has 0 spiro atoms. The highest BCUT2D eigenvalue weighted by molar-refractivity contribution is 8.00. The smallest absolute Gasteiger partial charge is 0.0780 e. The third kappa shape index (κ3) is 1.75. The van der Waals surface area contributed by atoms with E-state index in [4.69, 9.17) is 25.3 Å². The third-order valence-electron chi connectivity index (χ3n) is 4.42. The SMILES string of the molecule is CN1C(C)(C)CC(C)(C)C(S)(S)C1(C)C. The van der Waals surface area contributed by atoms with Crippen molar-refractivity contribution in [1.29, 1.82) is 0 Å². The largest absolute Gasteiger partial charge is 0.294 e. The van der Waals surface area contributed by atoms with Gasteiger partial charge in [-0.15, -0.1) is 0 Å². The Balaban J connectivity index is 3.27. The van der Waals surface area contributed by atoms with Gasteiger partial charge in [-0.2, -0.15) is 25.3 Å². The summed E-state index contributed by atoms with van der Waals surface area (Å²) in [7, 11) is 2.18. The van der Waals surface area contributed by atoms with Gasteiger partial charge in [-0.05, 0) is 46.6 Å². The van der Waals surface area contributed by atoms with Gasteiger partial charge in [-0.25, -0.2) is 0 Å². The highest BCUT2D eigenvalue weighted by atomic mass is 32.2. The minimum absolute atomic E-state index is 0.0372. The Morgan fingerprint density at radius 3 is 1.73 bits per heavy atom. The number of thiol groups is 2. The molecule has 0 aromatic heterocycles. The molecular formula is C12H25NS2. The number of likely N-dealkylation sites (tertiary alicyclic amines) is 1. The van der Waals surface area contributed by atoms with Crippen molar-refractivity contribution in [1.82, 2.24) is 4.90 Å². The summed E-state index contributed by atoms with van der Waals surface area (Å²) >= 11 is 9.68. The second-order valence-corrected chi connectivity index (χ2v) is 8.36. The van der Waals surface area contributed by atoms with Gasteiger partial charge in [-0.3, -0.25) is 4.90 Å². The second-order valence-electron chi connectivity index (χ2n) is 6.66. The van der Waals surface area contributed by atoms with Crippen LogP contribution >= 0.6 is 25.3 Å². The van der Waals surface area contributed by atoms with Crippen LogP contribution in [-0.4, -0.2) is 27.1 Å². The quantitative estimate of drug-likeness (QED) is 0.490. The molecule has 0 bridgehead atoms. The number of hydrogen-bond acceptors (Lipinski definition) is 3. The van der Waals surface area contributed by atoms with Gasteiger partial charge in [0.2, 0.25) is 0 Å². The molecule has 90 valence electrons. The lowest BCUT2D eigenvalue weighted by Crippen LogP contribution is -2.71.